The lowest BCUT2D eigenvalue weighted by molar-refractivity contribution is -0.265. The van der Waals surface area contributed by atoms with Crippen molar-refractivity contribution >= 4 is 11.9 Å². The fraction of sp³-hybridized carbons (Fsp3) is 0.923. The van der Waals surface area contributed by atoms with Crippen molar-refractivity contribution in [3.8, 4) is 0 Å². The molecule has 0 aromatic heterocycles. The van der Waals surface area contributed by atoms with Crippen molar-refractivity contribution in [2.45, 2.75) is 112 Å². The summed E-state index contributed by atoms with van der Waals surface area (Å²) >= 11 is 0. The first kappa shape index (κ1) is 24.0. The molecule has 8 rings (SSSR count). The first-order chi connectivity index (χ1) is 16.2. The molecule has 8 saturated carbocycles. The zero-order chi connectivity index (χ0) is 24.9. The molecular formula is C26H36F2O7. The average Bonchev–Trinajstić information content (AvgIpc) is 2.66. The van der Waals surface area contributed by atoms with Crippen LogP contribution in [0.4, 0.5) is 8.78 Å². The highest BCUT2D eigenvalue weighted by molar-refractivity contribution is 5.78. The Labute approximate surface area is 203 Å². The second-order valence-electron chi connectivity index (χ2n) is 13.5. The third-order valence-electron chi connectivity index (χ3n) is 9.68. The molecule has 0 amide bonds. The highest BCUT2D eigenvalue weighted by Gasteiger charge is 2.65. The topological polar surface area (TPSA) is 102 Å². The Kier molecular flexibility index (Phi) is 5.07. The first-order valence-corrected chi connectivity index (χ1v) is 13.1. The average molecular weight is 499 g/mol. The van der Waals surface area contributed by atoms with Crippen LogP contribution in [0.1, 0.15) is 84.0 Å². The molecule has 8 aliphatic carbocycles. The summed E-state index contributed by atoms with van der Waals surface area (Å²) in [5.41, 5.74) is -4.32. The maximum Gasteiger partial charge on any atom is 0.332 e. The van der Waals surface area contributed by atoms with Crippen LogP contribution in [0.3, 0.4) is 0 Å². The number of carbonyl (C=O) groups is 2. The molecule has 0 saturated heterocycles. The summed E-state index contributed by atoms with van der Waals surface area (Å²) in [4.78, 5) is 25.9. The van der Waals surface area contributed by atoms with Crippen molar-refractivity contribution in [2.75, 3.05) is 13.2 Å². The number of halogens is 2. The van der Waals surface area contributed by atoms with E-state index >= 15 is 0 Å². The molecule has 4 unspecified atom stereocenters. The van der Waals surface area contributed by atoms with Gasteiger partial charge in [-0.3, -0.25) is 4.79 Å². The lowest BCUT2D eigenvalue weighted by Crippen LogP contribution is -2.67. The van der Waals surface area contributed by atoms with Gasteiger partial charge in [-0.15, -0.1) is 0 Å². The van der Waals surface area contributed by atoms with E-state index in [1.807, 2.05) is 0 Å². The molecule has 35 heavy (non-hydrogen) atoms. The molecule has 0 heterocycles. The SMILES string of the molecule is CC(F)(F)COC(=O)C12CC3CC(CC(OCC(=O)OC45CC6CC(O)(CC(O)(C6)C4)C5)(C3)C1)C2. The summed E-state index contributed by atoms with van der Waals surface area (Å²) in [6.45, 7) is -0.455. The Bertz CT molecular complexity index is 897. The Morgan fingerprint density at radius 3 is 2.03 bits per heavy atom. The molecule has 0 aromatic carbocycles. The van der Waals surface area contributed by atoms with Gasteiger partial charge in [0.05, 0.1) is 22.2 Å². The van der Waals surface area contributed by atoms with Crippen LogP contribution >= 0.6 is 0 Å². The molecule has 2 N–H and O–H groups in total. The van der Waals surface area contributed by atoms with E-state index in [0.717, 1.165) is 26.2 Å². The van der Waals surface area contributed by atoms with Gasteiger partial charge in [0.25, 0.3) is 5.92 Å². The maximum atomic E-state index is 13.3. The zero-order valence-electron chi connectivity index (χ0n) is 20.3. The van der Waals surface area contributed by atoms with Crippen molar-refractivity contribution in [3.05, 3.63) is 0 Å². The van der Waals surface area contributed by atoms with Gasteiger partial charge in [-0.1, -0.05) is 0 Å². The summed E-state index contributed by atoms with van der Waals surface area (Å²) in [6, 6.07) is 0. The third-order valence-corrected chi connectivity index (χ3v) is 9.68. The Hall–Kier alpha value is -1.32. The normalized spacial score (nSPS) is 49.3. The maximum absolute atomic E-state index is 13.3. The molecule has 9 heteroatoms. The molecule has 7 nitrogen and oxygen atoms in total. The van der Waals surface area contributed by atoms with Gasteiger partial charge in [0, 0.05) is 26.2 Å². The number of esters is 2. The minimum absolute atomic E-state index is 0.138. The first-order valence-electron chi connectivity index (χ1n) is 13.1. The van der Waals surface area contributed by atoms with E-state index < -0.39 is 52.3 Å². The van der Waals surface area contributed by atoms with Crippen LogP contribution in [-0.2, 0) is 23.8 Å². The molecular weight excluding hydrogens is 462 g/mol. The molecule has 8 fully saturated rings. The predicted molar refractivity (Wildman–Crippen MR) is 117 cm³/mol. The van der Waals surface area contributed by atoms with Gasteiger partial charge >= 0.3 is 11.9 Å². The summed E-state index contributed by atoms with van der Waals surface area (Å²) in [5, 5.41) is 21.9. The molecule has 0 radical (unpaired) electrons. The Morgan fingerprint density at radius 2 is 1.46 bits per heavy atom. The number of hydrogen-bond acceptors (Lipinski definition) is 7. The van der Waals surface area contributed by atoms with Gasteiger partial charge in [-0.25, -0.2) is 13.6 Å². The quantitative estimate of drug-likeness (QED) is 0.520. The second kappa shape index (κ2) is 7.38. The minimum atomic E-state index is -3.08. The van der Waals surface area contributed by atoms with E-state index in [1.165, 1.54) is 0 Å². The number of alkyl halides is 2. The zero-order valence-corrected chi connectivity index (χ0v) is 20.3. The van der Waals surface area contributed by atoms with E-state index in [4.69, 9.17) is 14.2 Å². The highest BCUT2D eigenvalue weighted by atomic mass is 19.3. The van der Waals surface area contributed by atoms with E-state index in [2.05, 4.69) is 0 Å². The van der Waals surface area contributed by atoms with Crippen LogP contribution in [0.15, 0.2) is 0 Å². The number of carbonyl (C=O) groups excluding carboxylic acids is 2. The Morgan fingerprint density at radius 1 is 0.857 bits per heavy atom. The van der Waals surface area contributed by atoms with E-state index in [9.17, 15) is 28.6 Å². The fourth-order valence-electron chi connectivity index (χ4n) is 9.78. The number of aliphatic hydroxyl groups is 2. The fourth-order valence-corrected chi connectivity index (χ4v) is 9.78. The highest BCUT2D eigenvalue weighted by Crippen LogP contribution is 2.64. The van der Waals surface area contributed by atoms with Crippen LogP contribution in [-0.4, -0.2) is 63.7 Å². The van der Waals surface area contributed by atoms with E-state index in [1.54, 1.807) is 0 Å². The van der Waals surface area contributed by atoms with Crippen LogP contribution in [0.2, 0.25) is 0 Å². The summed E-state index contributed by atoms with van der Waals surface area (Å²) in [6.07, 6.45) is 7.02. The van der Waals surface area contributed by atoms with Gasteiger partial charge in [0.2, 0.25) is 0 Å². The second-order valence-corrected chi connectivity index (χ2v) is 13.5. The van der Waals surface area contributed by atoms with Crippen LogP contribution in [0, 0.1) is 23.2 Å². The molecule has 8 aliphatic rings. The van der Waals surface area contributed by atoms with E-state index in [-0.39, 0.29) is 24.4 Å². The minimum Gasteiger partial charge on any atom is -0.459 e. The molecule has 0 aromatic rings. The summed E-state index contributed by atoms with van der Waals surface area (Å²) in [7, 11) is 0. The largest absolute Gasteiger partial charge is 0.459 e. The van der Waals surface area contributed by atoms with Crippen molar-refractivity contribution in [1.29, 1.82) is 0 Å². The van der Waals surface area contributed by atoms with Crippen molar-refractivity contribution < 1.29 is 42.8 Å². The van der Waals surface area contributed by atoms with Gasteiger partial charge in [0.15, 0.2) is 6.61 Å². The molecule has 0 spiro atoms. The Balaban J connectivity index is 1.12. The molecule has 196 valence electrons. The van der Waals surface area contributed by atoms with Gasteiger partial charge in [-0.2, -0.15) is 0 Å². The summed E-state index contributed by atoms with van der Waals surface area (Å²) in [5.74, 6) is -3.54. The molecule has 4 atom stereocenters. The molecule has 8 bridgehead atoms. The van der Waals surface area contributed by atoms with Gasteiger partial charge in [0.1, 0.15) is 12.2 Å². The standard InChI is InChI=1S/C26H36F2O7/c1-21(27,28)15-33-20(30)22-3-16-2-17(4-22)8-25(7-16,11-22)34-10-19(29)35-26-9-18-5-23(31,13-26)12-24(32,6-18)14-26/h16-18,31-32H,2-15H2,1H3. The predicted octanol–water partition coefficient (Wildman–Crippen LogP) is 3.28. The van der Waals surface area contributed by atoms with Gasteiger partial charge in [-0.05, 0) is 75.5 Å². The lowest BCUT2D eigenvalue weighted by atomic mass is 9.48. The van der Waals surface area contributed by atoms with E-state index in [0.29, 0.717) is 57.8 Å². The summed E-state index contributed by atoms with van der Waals surface area (Å²) < 4.78 is 43.8. The number of rotatable bonds is 7. The van der Waals surface area contributed by atoms with Crippen LogP contribution < -0.4 is 0 Å². The van der Waals surface area contributed by atoms with Crippen molar-refractivity contribution in [2.24, 2.45) is 23.2 Å². The lowest BCUT2D eigenvalue weighted by Gasteiger charge is -2.62. The number of ether oxygens (including phenoxy) is 3. The van der Waals surface area contributed by atoms with Crippen LogP contribution in [0.25, 0.3) is 0 Å². The van der Waals surface area contributed by atoms with Gasteiger partial charge < -0.3 is 24.4 Å². The monoisotopic (exact) mass is 498 g/mol. The number of hydrogen-bond donors (Lipinski definition) is 2. The van der Waals surface area contributed by atoms with Crippen LogP contribution in [0.5, 0.6) is 0 Å². The third kappa shape index (κ3) is 4.29. The van der Waals surface area contributed by atoms with Crippen molar-refractivity contribution in [1.82, 2.24) is 0 Å². The van der Waals surface area contributed by atoms with Crippen molar-refractivity contribution in [3.63, 3.8) is 0 Å². The molecule has 0 aliphatic heterocycles. The smallest absolute Gasteiger partial charge is 0.332 e.